The highest BCUT2D eigenvalue weighted by molar-refractivity contribution is 8.00. The average Bonchev–Trinajstić information content (AvgIpc) is 2.36. The summed E-state index contributed by atoms with van der Waals surface area (Å²) in [4.78, 5) is 24.7. The summed E-state index contributed by atoms with van der Waals surface area (Å²) in [5, 5.41) is -0.931. The van der Waals surface area contributed by atoms with Gasteiger partial charge in [-0.25, -0.2) is 13.2 Å². The molecule has 1 aliphatic rings. The first-order chi connectivity index (χ1) is 8.79. The fourth-order valence-corrected chi connectivity index (χ4v) is 4.52. The normalized spacial score (nSPS) is 21.8. The lowest BCUT2D eigenvalue weighted by molar-refractivity contribution is -0.151. The zero-order chi connectivity index (χ0) is 14.6. The van der Waals surface area contributed by atoms with Gasteiger partial charge in [0.25, 0.3) is 5.91 Å². The fourth-order valence-electron chi connectivity index (χ4n) is 1.70. The Morgan fingerprint density at radius 3 is 2.68 bits per heavy atom. The SMILES string of the molecule is CCOC(=O)C(N)C(=O)N1CCSCC1S(C)(=O)=O. The third-order valence-electron chi connectivity index (χ3n) is 2.67. The molecule has 0 radical (unpaired) electrons. The van der Waals surface area contributed by atoms with E-state index in [2.05, 4.69) is 4.74 Å². The van der Waals surface area contributed by atoms with Gasteiger partial charge >= 0.3 is 5.97 Å². The number of thioether (sulfide) groups is 1. The highest BCUT2D eigenvalue weighted by Gasteiger charge is 2.38. The van der Waals surface area contributed by atoms with E-state index in [4.69, 9.17) is 5.73 Å². The maximum Gasteiger partial charge on any atom is 0.332 e. The molecule has 7 nitrogen and oxygen atoms in total. The van der Waals surface area contributed by atoms with Crippen molar-refractivity contribution in [2.24, 2.45) is 5.73 Å². The van der Waals surface area contributed by atoms with Crippen LogP contribution in [-0.4, -0.2) is 67.5 Å². The lowest BCUT2D eigenvalue weighted by Crippen LogP contribution is -2.57. The number of ether oxygens (including phenoxy) is 1. The first kappa shape index (κ1) is 16.3. The summed E-state index contributed by atoms with van der Waals surface area (Å²) in [6.45, 7) is 1.98. The van der Waals surface area contributed by atoms with E-state index < -0.39 is 33.1 Å². The van der Waals surface area contributed by atoms with Crippen LogP contribution >= 0.6 is 11.8 Å². The largest absolute Gasteiger partial charge is 0.464 e. The van der Waals surface area contributed by atoms with Crippen molar-refractivity contribution >= 4 is 33.5 Å². The van der Waals surface area contributed by atoms with Gasteiger partial charge in [0.1, 0.15) is 5.37 Å². The molecule has 0 aromatic heterocycles. The maximum atomic E-state index is 12.1. The Kier molecular flexibility index (Phi) is 5.63. The molecular weight excluding hydrogens is 292 g/mol. The third-order valence-corrected chi connectivity index (χ3v) is 5.31. The molecule has 2 N–H and O–H groups in total. The minimum absolute atomic E-state index is 0.116. The van der Waals surface area contributed by atoms with E-state index in [-0.39, 0.29) is 13.2 Å². The minimum atomic E-state index is -3.41. The van der Waals surface area contributed by atoms with E-state index in [0.717, 1.165) is 11.2 Å². The van der Waals surface area contributed by atoms with Crippen molar-refractivity contribution in [2.45, 2.75) is 18.3 Å². The summed E-state index contributed by atoms with van der Waals surface area (Å²) < 4.78 is 28.0. The van der Waals surface area contributed by atoms with Gasteiger partial charge < -0.3 is 15.4 Å². The second-order valence-electron chi connectivity index (χ2n) is 4.12. The lowest BCUT2D eigenvalue weighted by Gasteiger charge is -2.35. The predicted molar refractivity (Wildman–Crippen MR) is 72.3 cm³/mol. The Morgan fingerprint density at radius 1 is 1.53 bits per heavy atom. The Bertz CT molecular complexity index is 451. The van der Waals surface area contributed by atoms with Crippen molar-refractivity contribution in [1.29, 1.82) is 0 Å². The molecule has 9 heteroatoms. The van der Waals surface area contributed by atoms with Gasteiger partial charge in [-0.2, -0.15) is 11.8 Å². The van der Waals surface area contributed by atoms with E-state index in [1.165, 1.54) is 11.8 Å². The zero-order valence-electron chi connectivity index (χ0n) is 10.9. The van der Waals surface area contributed by atoms with Gasteiger partial charge in [-0.15, -0.1) is 0 Å². The molecule has 1 fully saturated rings. The number of carbonyl (C=O) groups excluding carboxylic acids is 2. The van der Waals surface area contributed by atoms with Crippen LogP contribution in [-0.2, 0) is 24.2 Å². The van der Waals surface area contributed by atoms with Crippen LogP contribution in [0.4, 0.5) is 0 Å². The van der Waals surface area contributed by atoms with Crippen molar-refractivity contribution in [2.75, 3.05) is 30.9 Å². The van der Waals surface area contributed by atoms with Gasteiger partial charge in [0.2, 0.25) is 0 Å². The molecule has 1 saturated heterocycles. The lowest BCUT2D eigenvalue weighted by atomic mass is 10.2. The third kappa shape index (κ3) is 4.08. The number of hydrogen-bond donors (Lipinski definition) is 1. The average molecular weight is 310 g/mol. The smallest absolute Gasteiger partial charge is 0.332 e. The molecule has 0 aromatic rings. The molecule has 2 unspecified atom stereocenters. The number of rotatable bonds is 4. The first-order valence-electron chi connectivity index (χ1n) is 5.78. The molecule has 19 heavy (non-hydrogen) atoms. The molecule has 0 spiro atoms. The van der Waals surface area contributed by atoms with Crippen LogP contribution in [0.3, 0.4) is 0 Å². The highest BCUT2D eigenvalue weighted by Crippen LogP contribution is 2.21. The molecule has 0 bridgehead atoms. The highest BCUT2D eigenvalue weighted by atomic mass is 32.2. The molecule has 1 aliphatic heterocycles. The number of amides is 1. The standard InChI is InChI=1S/C10H18N2O5S2/c1-3-17-10(14)8(11)9(13)12-4-5-18-6-7(12)19(2,15)16/h7-8H,3-6,11H2,1-2H3. The summed E-state index contributed by atoms with van der Waals surface area (Å²) in [7, 11) is -3.41. The van der Waals surface area contributed by atoms with E-state index in [1.54, 1.807) is 6.92 Å². The van der Waals surface area contributed by atoms with Crippen molar-refractivity contribution in [1.82, 2.24) is 4.90 Å². The first-order valence-corrected chi connectivity index (χ1v) is 8.89. The summed E-state index contributed by atoms with van der Waals surface area (Å²) in [5.74, 6) is -0.625. The number of nitrogens with zero attached hydrogens (tertiary/aromatic N) is 1. The number of sulfone groups is 1. The van der Waals surface area contributed by atoms with E-state index in [9.17, 15) is 18.0 Å². The number of esters is 1. The summed E-state index contributed by atoms with van der Waals surface area (Å²) in [6, 6.07) is -1.47. The molecule has 1 rings (SSSR count). The molecule has 0 aliphatic carbocycles. The molecule has 1 amide bonds. The summed E-state index contributed by atoms with van der Waals surface area (Å²) in [6.07, 6.45) is 1.07. The van der Waals surface area contributed by atoms with Gasteiger partial charge in [0, 0.05) is 24.3 Å². The van der Waals surface area contributed by atoms with E-state index in [0.29, 0.717) is 11.5 Å². The predicted octanol–water partition coefficient (Wildman–Crippen LogP) is -1.18. The van der Waals surface area contributed by atoms with Crippen LogP contribution in [0.2, 0.25) is 0 Å². The monoisotopic (exact) mass is 310 g/mol. The van der Waals surface area contributed by atoms with Crippen LogP contribution in [0.5, 0.6) is 0 Å². The van der Waals surface area contributed by atoms with Crippen LogP contribution in [0, 0.1) is 0 Å². The summed E-state index contributed by atoms with van der Waals surface area (Å²) in [5.41, 5.74) is 5.52. The fraction of sp³-hybridized carbons (Fsp3) is 0.800. The molecule has 0 aromatic carbocycles. The molecule has 0 saturated carbocycles. The van der Waals surface area contributed by atoms with Gasteiger partial charge in [-0.05, 0) is 6.92 Å². The Hall–Kier alpha value is -0.800. The second kappa shape index (κ2) is 6.58. The maximum absolute atomic E-state index is 12.1. The quantitative estimate of drug-likeness (QED) is 0.514. The minimum Gasteiger partial charge on any atom is -0.464 e. The second-order valence-corrected chi connectivity index (χ2v) is 7.47. The number of carbonyl (C=O) groups is 2. The zero-order valence-corrected chi connectivity index (χ0v) is 12.5. The van der Waals surface area contributed by atoms with Gasteiger partial charge in [-0.3, -0.25) is 4.79 Å². The van der Waals surface area contributed by atoms with Crippen molar-refractivity contribution in [3.63, 3.8) is 0 Å². The summed E-state index contributed by atoms with van der Waals surface area (Å²) >= 11 is 1.45. The van der Waals surface area contributed by atoms with Crippen molar-refractivity contribution < 1.29 is 22.7 Å². The van der Waals surface area contributed by atoms with Gasteiger partial charge in [0.15, 0.2) is 15.9 Å². The number of nitrogens with two attached hydrogens (primary N) is 1. The van der Waals surface area contributed by atoms with Crippen LogP contribution < -0.4 is 5.73 Å². The Balaban J connectivity index is 2.86. The van der Waals surface area contributed by atoms with E-state index in [1.807, 2.05) is 0 Å². The van der Waals surface area contributed by atoms with Crippen LogP contribution in [0.15, 0.2) is 0 Å². The molecule has 1 heterocycles. The van der Waals surface area contributed by atoms with E-state index >= 15 is 0 Å². The van der Waals surface area contributed by atoms with Gasteiger partial charge in [-0.1, -0.05) is 0 Å². The molecule has 2 atom stereocenters. The van der Waals surface area contributed by atoms with Crippen molar-refractivity contribution in [3.8, 4) is 0 Å². The van der Waals surface area contributed by atoms with Crippen LogP contribution in [0.1, 0.15) is 6.92 Å². The Labute approximate surface area is 116 Å². The number of hydrogen-bond acceptors (Lipinski definition) is 7. The molecular formula is C10H18N2O5S2. The topological polar surface area (TPSA) is 107 Å². The van der Waals surface area contributed by atoms with Gasteiger partial charge in [0.05, 0.1) is 6.61 Å². The van der Waals surface area contributed by atoms with Crippen LogP contribution in [0.25, 0.3) is 0 Å². The Morgan fingerprint density at radius 2 is 2.16 bits per heavy atom. The van der Waals surface area contributed by atoms with Crippen molar-refractivity contribution in [3.05, 3.63) is 0 Å². The molecule has 110 valence electrons.